The maximum atomic E-state index is 11.4. The van der Waals surface area contributed by atoms with Crippen molar-refractivity contribution < 1.29 is 129 Å². The summed E-state index contributed by atoms with van der Waals surface area (Å²) in [5.41, 5.74) is 0. The Morgan fingerprint density at radius 1 is 0.268 bits per heavy atom. The van der Waals surface area contributed by atoms with Crippen LogP contribution >= 0.6 is 0 Å². The van der Waals surface area contributed by atoms with E-state index in [9.17, 15) is 86.8 Å². The van der Waals surface area contributed by atoms with Gasteiger partial charge in [0.25, 0.3) is 0 Å². The SMILES string of the molecule is OCC1O[C@@H](O[C@@H]2C(O)[C@H](O[C@@H]3C(O)[C@H](O)OC(CO)[C@H]3O)OC(CO)[C@H]2O)C(O)[C@@H](O[C@@H]2OC(CO)[C@@H](O)[C@H](O[C@@H]3OC(CO)[C@@H](O)[C@@H](O)C3O)C2O)[C@@H]1O. The molecule has 5 fully saturated rings. The normalized spacial score (nSPS) is 53.2. The summed E-state index contributed by atoms with van der Waals surface area (Å²) in [5, 5.41) is 177. The van der Waals surface area contributed by atoms with E-state index < -0.39 is 187 Å². The van der Waals surface area contributed by atoms with Crippen LogP contribution in [0.2, 0.25) is 0 Å². The molecule has 0 amide bonds. The highest BCUT2D eigenvalue weighted by Crippen LogP contribution is 2.35. The minimum atomic E-state index is -2.18. The van der Waals surface area contributed by atoms with Gasteiger partial charge in [-0.3, -0.25) is 0 Å². The van der Waals surface area contributed by atoms with Gasteiger partial charge in [0, 0.05) is 0 Å². The summed E-state index contributed by atoms with van der Waals surface area (Å²) in [6, 6.07) is 0. The van der Waals surface area contributed by atoms with Crippen molar-refractivity contribution in [1.82, 2.24) is 0 Å². The van der Waals surface area contributed by atoms with Crippen LogP contribution in [0.3, 0.4) is 0 Å². The molecule has 0 aliphatic carbocycles. The van der Waals surface area contributed by atoms with Crippen molar-refractivity contribution in [2.75, 3.05) is 33.0 Å². The molecule has 0 spiro atoms. The fourth-order valence-electron chi connectivity index (χ4n) is 7.01. The van der Waals surface area contributed by atoms with Crippen molar-refractivity contribution in [3.8, 4) is 0 Å². The van der Waals surface area contributed by atoms with Gasteiger partial charge in [-0.25, -0.2) is 0 Å². The van der Waals surface area contributed by atoms with Crippen LogP contribution < -0.4 is 0 Å². The molecular formula is C30H52O26. The molecule has 0 saturated carbocycles. The molecule has 0 aromatic rings. The average Bonchev–Trinajstić information content (AvgIpc) is 3.18. The first-order valence-electron chi connectivity index (χ1n) is 17.6. The molecule has 0 aromatic heterocycles. The van der Waals surface area contributed by atoms with Gasteiger partial charge in [-0.1, -0.05) is 0 Å². The molecule has 26 nitrogen and oxygen atoms in total. The standard InChI is InChI=1S/C30H52O26/c31-1-6-11(36)16(41)17(42)27(49-6)54-23-13(38)8(3-33)51-29(19(23)44)56-25-15(40)10(5-35)52-30(21(25)46)55-24-14(39)9(4-34)50-28(20(24)45)53-22-12(37)7(2-32)48-26(47)18(22)43/h6-47H,1-5H2/t6?,7?,8?,9?,10?,11-,12-,13-,14-,15-,16-,17?,18?,19?,20?,21?,22+,23+,24+,25+,26-,27+,28+,29+,30+/m1/s1. The molecule has 5 heterocycles. The zero-order valence-corrected chi connectivity index (χ0v) is 29.2. The Morgan fingerprint density at radius 2 is 0.518 bits per heavy atom. The molecule has 5 aliphatic rings. The van der Waals surface area contributed by atoms with E-state index in [2.05, 4.69) is 0 Å². The Kier molecular flexibility index (Phi) is 16.1. The molecule has 328 valence electrons. The number of hydrogen-bond donors (Lipinski definition) is 17. The van der Waals surface area contributed by atoms with E-state index in [-0.39, 0.29) is 0 Å². The Balaban J connectivity index is 1.34. The lowest BCUT2D eigenvalue weighted by atomic mass is 9.95. The fourth-order valence-corrected chi connectivity index (χ4v) is 7.01. The number of ether oxygens (including phenoxy) is 9. The van der Waals surface area contributed by atoms with Gasteiger partial charge in [0.15, 0.2) is 31.5 Å². The summed E-state index contributed by atoms with van der Waals surface area (Å²) in [5.74, 6) is 0. The summed E-state index contributed by atoms with van der Waals surface area (Å²) < 4.78 is 48.9. The molecule has 17 N–H and O–H groups in total. The first-order valence-corrected chi connectivity index (χ1v) is 17.6. The molecular weight excluding hydrogens is 776 g/mol. The summed E-state index contributed by atoms with van der Waals surface area (Å²) in [6.45, 7) is -4.58. The molecule has 0 radical (unpaired) electrons. The molecule has 25 atom stereocenters. The molecule has 5 saturated heterocycles. The predicted molar refractivity (Wildman–Crippen MR) is 167 cm³/mol. The quantitative estimate of drug-likeness (QED) is 0.0819. The van der Waals surface area contributed by atoms with Gasteiger partial charge in [0.2, 0.25) is 0 Å². The number of aliphatic hydroxyl groups excluding tert-OH is 17. The smallest absolute Gasteiger partial charge is 0.187 e. The third kappa shape index (κ3) is 9.16. The van der Waals surface area contributed by atoms with E-state index in [0.29, 0.717) is 0 Å². The first-order chi connectivity index (χ1) is 26.5. The Bertz CT molecular complexity index is 1210. The third-order valence-electron chi connectivity index (χ3n) is 10.3. The molecule has 0 aromatic carbocycles. The zero-order valence-electron chi connectivity index (χ0n) is 29.2. The van der Waals surface area contributed by atoms with Crippen LogP contribution in [0.15, 0.2) is 0 Å². The maximum absolute atomic E-state index is 11.4. The predicted octanol–water partition coefficient (Wildman–Crippen LogP) is -11.9. The van der Waals surface area contributed by atoms with Crippen LogP contribution in [0.4, 0.5) is 0 Å². The van der Waals surface area contributed by atoms with E-state index in [1.807, 2.05) is 0 Å². The molecule has 5 rings (SSSR count). The molecule has 26 heteroatoms. The van der Waals surface area contributed by atoms with E-state index in [1.54, 1.807) is 0 Å². The topological polar surface area (TPSA) is 427 Å². The lowest BCUT2D eigenvalue weighted by Crippen LogP contribution is -2.68. The van der Waals surface area contributed by atoms with Crippen molar-refractivity contribution in [1.29, 1.82) is 0 Å². The minimum absolute atomic E-state index is 0.837. The molecule has 56 heavy (non-hydrogen) atoms. The molecule has 10 unspecified atom stereocenters. The highest BCUT2D eigenvalue weighted by Gasteiger charge is 2.56. The van der Waals surface area contributed by atoms with Gasteiger partial charge in [0.05, 0.1) is 33.0 Å². The minimum Gasteiger partial charge on any atom is -0.394 e. The van der Waals surface area contributed by atoms with Crippen LogP contribution in [0.25, 0.3) is 0 Å². The van der Waals surface area contributed by atoms with Crippen LogP contribution in [0.1, 0.15) is 0 Å². The van der Waals surface area contributed by atoms with E-state index in [1.165, 1.54) is 0 Å². The highest BCUT2D eigenvalue weighted by molar-refractivity contribution is 4.99. The van der Waals surface area contributed by atoms with Crippen molar-refractivity contribution in [3.63, 3.8) is 0 Å². The van der Waals surface area contributed by atoms with E-state index >= 15 is 0 Å². The second-order valence-corrected chi connectivity index (χ2v) is 13.9. The Hall–Kier alpha value is -1.04. The second-order valence-electron chi connectivity index (χ2n) is 13.9. The van der Waals surface area contributed by atoms with Gasteiger partial charge in [-0.2, -0.15) is 0 Å². The summed E-state index contributed by atoms with van der Waals surface area (Å²) >= 11 is 0. The van der Waals surface area contributed by atoms with Crippen LogP contribution in [-0.2, 0) is 42.6 Å². The molecule has 5 aliphatic heterocycles. The van der Waals surface area contributed by atoms with Crippen molar-refractivity contribution in [2.45, 2.75) is 154 Å². The second kappa shape index (κ2) is 19.6. The van der Waals surface area contributed by atoms with Gasteiger partial charge in [-0.15, -0.1) is 0 Å². The number of aliphatic hydroxyl groups is 17. The van der Waals surface area contributed by atoms with E-state index in [0.717, 1.165) is 0 Å². The zero-order chi connectivity index (χ0) is 41.3. The number of hydrogen-bond acceptors (Lipinski definition) is 26. The number of rotatable bonds is 13. The van der Waals surface area contributed by atoms with E-state index in [4.69, 9.17) is 42.6 Å². The largest absolute Gasteiger partial charge is 0.394 e. The van der Waals surface area contributed by atoms with Crippen LogP contribution in [0.5, 0.6) is 0 Å². The van der Waals surface area contributed by atoms with Crippen molar-refractivity contribution >= 4 is 0 Å². The summed E-state index contributed by atoms with van der Waals surface area (Å²) in [4.78, 5) is 0. The van der Waals surface area contributed by atoms with Gasteiger partial charge in [0.1, 0.15) is 122 Å². The lowest BCUT2D eigenvalue weighted by Gasteiger charge is -2.49. The van der Waals surface area contributed by atoms with Crippen LogP contribution in [0, 0.1) is 0 Å². The van der Waals surface area contributed by atoms with Crippen LogP contribution in [-0.4, -0.2) is 273 Å². The van der Waals surface area contributed by atoms with Crippen molar-refractivity contribution in [2.24, 2.45) is 0 Å². The highest BCUT2D eigenvalue weighted by atomic mass is 16.8. The Morgan fingerprint density at radius 3 is 0.821 bits per heavy atom. The fraction of sp³-hybridized carbons (Fsp3) is 1.00. The Labute approximate surface area is 316 Å². The third-order valence-corrected chi connectivity index (χ3v) is 10.3. The molecule has 0 bridgehead atoms. The first kappa shape index (κ1) is 46.0. The monoisotopic (exact) mass is 828 g/mol. The van der Waals surface area contributed by atoms with Gasteiger partial charge in [-0.05, 0) is 0 Å². The maximum Gasteiger partial charge on any atom is 0.187 e. The lowest BCUT2D eigenvalue weighted by molar-refractivity contribution is -0.395. The van der Waals surface area contributed by atoms with Gasteiger partial charge < -0.3 is 129 Å². The van der Waals surface area contributed by atoms with Crippen molar-refractivity contribution in [3.05, 3.63) is 0 Å². The average molecular weight is 829 g/mol. The van der Waals surface area contributed by atoms with Gasteiger partial charge >= 0.3 is 0 Å². The summed E-state index contributed by atoms with van der Waals surface area (Å²) in [7, 11) is 0. The summed E-state index contributed by atoms with van der Waals surface area (Å²) in [6.07, 6.45) is -47.2.